The number of aromatic nitrogens is 2. The number of nitrogens with zero attached hydrogens (tertiary/aromatic N) is 4. The normalized spacial score (nSPS) is 16.0. The number of aliphatic hydroxyl groups excluding tert-OH is 1. The Morgan fingerprint density at radius 1 is 1.29 bits per heavy atom. The molecule has 21 heavy (non-hydrogen) atoms. The summed E-state index contributed by atoms with van der Waals surface area (Å²) in [4.78, 5) is 16.3. The average Bonchev–Trinajstić information content (AvgIpc) is 2.54. The molecule has 1 amide bonds. The van der Waals surface area contributed by atoms with Crippen molar-refractivity contribution in [2.75, 3.05) is 51.2 Å². The van der Waals surface area contributed by atoms with Crippen molar-refractivity contribution in [3.8, 4) is 0 Å². The molecular formula is C14H23N5O2. The number of rotatable bonds is 6. The van der Waals surface area contributed by atoms with Crippen LogP contribution in [0, 0.1) is 0 Å². The highest BCUT2D eigenvalue weighted by atomic mass is 16.3. The van der Waals surface area contributed by atoms with Gasteiger partial charge in [-0.3, -0.25) is 9.69 Å². The van der Waals surface area contributed by atoms with Crippen LogP contribution in [0.15, 0.2) is 12.1 Å². The van der Waals surface area contributed by atoms with Crippen LogP contribution in [0.25, 0.3) is 0 Å². The number of hydrogen-bond donors (Lipinski definition) is 2. The highest BCUT2D eigenvalue weighted by Crippen LogP contribution is 2.08. The van der Waals surface area contributed by atoms with Crippen LogP contribution in [-0.4, -0.2) is 76.9 Å². The summed E-state index contributed by atoms with van der Waals surface area (Å²) in [5.74, 6) is 0.620. The second-order valence-electron chi connectivity index (χ2n) is 5.09. The molecule has 7 nitrogen and oxygen atoms in total. The molecule has 116 valence electrons. The zero-order valence-electron chi connectivity index (χ0n) is 12.5. The third-order valence-corrected chi connectivity index (χ3v) is 3.52. The number of amides is 1. The monoisotopic (exact) mass is 293 g/mol. The molecule has 1 saturated heterocycles. The SMILES string of the molecule is CCCNc1ccc(C(=O)N2CCN(CCO)CC2)nn1. The fraction of sp³-hybridized carbons (Fsp3) is 0.643. The Bertz CT molecular complexity index is 443. The van der Waals surface area contributed by atoms with Crippen LogP contribution in [0.5, 0.6) is 0 Å². The van der Waals surface area contributed by atoms with E-state index in [1.807, 2.05) is 0 Å². The summed E-state index contributed by atoms with van der Waals surface area (Å²) < 4.78 is 0. The smallest absolute Gasteiger partial charge is 0.274 e. The van der Waals surface area contributed by atoms with Gasteiger partial charge >= 0.3 is 0 Å². The van der Waals surface area contributed by atoms with Crippen LogP contribution < -0.4 is 5.32 Å². The Morgan fingerprint density at radius 3 is 2.62 bits per heavy atom. The van der Waals surface area contributed by atoms with Gasteiger partial charge in [-0.2, -0.15) is 0 Å². The van der Waals surface area contributed by atoms with Crippen LogP contribution >= 0.6 is 0 Å². The van der Waals surface area contributed by atoms with E-state index in [2.05, 4.69) is 27.3 Å². The number of piperazine rings is 1. The fourth-order valence-electron chi connectivity index (χ4n) is 2.27. The largest absolute Gasteiger partial charge is 0.395 e. The van der Waals surface area contributed by atoms with Crippen molar-refractivity contribution in [3.05, 3.63) is 17.8 Å². The molecule has 1 aromatic heterocycles. The number of nitrogens with one attached hydrogen (secondary N) is 1. The summed E-state index contributed by atoms with van der Waals surface area (Å²) in [6.07, 6.45) is 1.01. The Hall–Kier alpha value is -1.73. The Kier molecular flexibility index (Phi) is 5.89. The van der Waals surface area contributed by atoms with Gasteiger partial charge in [0.25, 0.3) is 5.91 Å². The van der Waals surface area contributed by atoms with Crippen molar-refractivity contribution in [2.45, 2.75) is 13.3 Å². The maximum absolute atomic E-state index is 12.3. The molecule has 0 bridgehead atoms. The molecule has 1 aliphatic heterocycles. The summed E-state index contributed by atoms with van der Waals surface area (Å²) >= 11 is 0. The van der Waals surface area contributed by atoms with Crippen molar-refractivity contribution >= 4 is 11.7 Å². The molecule has 0 spiro atoms. The molecule has 2 rings (SSSR count). The first-order chi connectivity index (χ1) is 10.2. The van der Waals surface area contributed by atoms with Crippen LogP contribution in [0.3, 0.4) is 0 Å². The van der Waals surface area contributed by atoms with Gasteiger partial charge in [0.1, 0.15) is 5.82 Å². The van der Waals surface area contributed by atoms with Gasteiger partial charge in [-0.15, -0.1) is 10.2 Å². The van der Waals surface area contributed by atoms with Crippen molar-refractivity contribution in [3.63, 3.8) is 0 Å². The van der Waals surface area contributed by atoms with Crippen molar-refractivity contribution in [1.29, 1.82) is 0 Å². The van der Waals surface area contributed by atoms with E-state index in [1.165, 1.54) is 0 Å². The summed E-state index contributed by atoms with van der Waals surface area (Å²) in [5, 5.41) is 20.1. The van der Waals surface area contributed by atoms with E-state index >= 15 is 0 Å². The lowest BCUT2D eigenvalue weighted by Crippen LogP contribution is -2.49. The van der Waals surface area contributed by atoms with E-state index in [0.29, 0.717) is 31.1 Å². The minimum Gasteiger partial charge on any atom is -0.395 e. The molecule has 0 unspecified atom stereocenters. The molecule has 1 fully saturated rings. The van der Waals surface area contributed by atoms with Crippen LogP contribution in [0.4, 0.5) is 5.82 Å². The molecule has 1 aliphatic rings. The number of aliphatic hydroxyl groups is 1. The molecule has 7 heteroatoms. The van der Waals surface area contributed by atoms with Crippen molar-refractivity contribution in [2.24, 2.45) is 0 Å². The van der Waals surface area contributed by atoms with E-state index < -0.39 is 0 Å². The average molecular weight is 293 g/mol. The molecule has 0 radical (unpaired) electrons. The van der Waals surface area contributed by atoms with Crippen molar-refractivity contribution in [1.82, 2.24) is 20.0 Å². The summed E-state index contributed by atoms with van der Waals surface area (Å²) in [5.41, 5.74) is 0.382. The first kappa shape index (κ1) is 15.7. The predicted octanol–water partition coefficient (Wildman–Crippen LogP) is 0.0486. The van der Waals surface area contributed by atoms with E-state index in [-0.39, 0.29) is 12.5 Å². The van der Waals surface area contributed by atoms with Gasteiger partial charge in [0.2, 0.25) is 0 Å². The van der Waals surface area contributed by atoms with Gasteiger partial charge in [0, 0.05) is 39.3 Å². The van der Waals surface area contributed by atoms with Gasteiger partial charge in [-0.1, -0.05) is 6.92 Å². The highest BCUT2D eigenvalue weighted by molar-refractivity contribution is 5.92. The second kappa shape index (κ2) is 7.90. The molecular weight excluding hydrogens is 270 g/mol. The standard InChI is InChI=1S/C14H23N5O2/c1-2-5-15-13-4-3-12(16-17-13)14(21)19-8-6-18(7-9-19)10-11-20/h3-4,20H,2,5-11H2,1H3,(H,15,17). The lowest BCUT2D eigenvalue weighted by atomic mass is 10.2. The van der Waals surface area contributed by atoms with Gasteiger partial charge in [0.05, 0.1) is 6.61 Å². The first-order valence-electron chi connectivity index (χ1n) is 7.44. The van der Waals surface area contributed by atoms with E-state index in [0.717, 1.165) is 26.1 Å². The van der Waals surface area contributed by atoms with Gasteiger partial charge in [-0.05, 0) is 18.6 Å². The quantitative estimate of drug-likeness (QED) is 0.771. The highest BCUT2D eigenvalue weighted by Gasteiger charge is 2.22. The van der Waals surface area contributed by atoms with Crippen LogP contribution in [-0.2, 0) is 0 Å². The molecule has 1 aromatic rings. The number of β-amino-alcohol motifs (C(OH)–C–C–N with tert-alkyl or cyclic N) is 1. The second-order valence-corrected chi connectivity index (χ2v) is 5.09. The molecule has 2 N–H and O–H groups in total. The summed E-state index contributed by atoms with van der Waals surface area (Å²) in [6, 6.07) is 3.51. The van der Waals surface area contributed by atoms with Crippen LogP contribution in [0.1, 0.15) is 23.8 Å². The maximum Gasteiger partial charge on any atom is 0.274 e. The molecule has 0 atom stereocenters. The van der Waals surface area contributed by atoms with Crippen molar-refractivity contribution < 1.29 is 9.90 Å². The lowest BCUT2D eigenvalue weighted by molar-refractivity contribution is 0.0608. The maximum atomic E-state index is 12.3. The number of carbonyl (C=O) groups is 1. The number of anilines is 1. The molecule has 0 aliphatic carbocycles. The van der Waals surface area contributed by atoms with E-state index in [1.54, 1.807) is 17.0 Å². The summed E-state index contributed by atoms with van der Waals surface area (Å²) in [7, 11) is 0. The zero-order valence-corrected chi connectivity index (χ0v) is 12.5. The first-order valence-corrected chi connectivity index (χ1v) is 7.44. The molecule has 0 aromatic carbocycles. The minimum absolute atomic E-state index is 0.0758. The van der Waals surface area contributed by atoms with Gasteiger partial charge < -0.3 is 15.3 Å². The zero-order chi connectivity index (χ0) is 15.1. The Morgan fingerprint density at radius 2 is 2.05 bits per heavy atom. The third kappa shape index (κ3) is 4.37. The topological polar surface area (TPSA) is 81.6 Å². The molecule has 0 saturated carbocycles. The minimum atomic E-state index is -0.0758. The predicted molar refractivity (Wildman–Crippen MR) is 80.2 cm³/mol. The summed E-state index contributed by atoms with van der Waals surface area (Å²) in [6.45, 7) is 6.65. The Balaban J connectivity index is 1.88. The van der Waals surface area contributed by atoms with E-state index in [9.17, 15) is 4.79 Å². The number of carbonyl (C=O) groups excluding carboxylic acids is 1. The lowest BCUT2D eigenvalue weighted by Gasteiger charge is -2.34. The number of hydrogen-bond acceptors (Lipinski definition) is 6. The Labute approximate surface area is 125 Å². The fourth-order valence-corrected chi connectivity index (χ4v) is 2.27. The third-order valence-electron chi connectivity index (χ3n) is 3.52. The van der Waals surface area contributed by atoms with Crippen LogP contribution in [0.2, 0.25) is 0 Å². The van der Waals surface area contributed by atoms with E-state index in [4.69, 9.17) is 5.11 Å². The van der Waals surface area contributed by atoms with Gasteiger partial charge in [-0.25, -0.2) is 0 Å². The van der Waals surface area contributed by atoms with Gasteiger partial charge in [0.15, 0.2) is 5.69 Å². The molecule has 2 heterocycles.